The Labute approximate surface area is 109 Å². The fourth-order valence-corrected chi connectivity index (χ4v) is 2.40. The Morgan fingerprint density at radius 2 is 2.06 bits per heavy atom. The second-order valence-electron chi connectivity index (χ2n) is 3.98. The number of aromatic hydroxyl groups is 1. The molecule has 0 bridgehead atoms. The first-order valence-corrected chi connectivity index (χ1v) is 6.82. The lowest BCUT2D eigenvalue weighted by molar-refractivity contribution is 0.448. The maximum Gasteiger partial charge on any atom is 0.232 e. The molecule has 0 fully saturated rings. The molecule has 1 aromatic heterocycles. The van der Waals surface area contributed by atoms with Crippen molar-refractivity contribution < 1.29 is 9.50 Å². The largest absolute Gasteiger partial charge is 0.492 e. The summed E-state index contributed by atoms with van der Waals surface area (Å²) in [6.07, 6.45) is 1.75. The number of H-pyrrole nitrogens is 1. The van der Waals surface area contributed by atoms with Gasteiger partial charge in [0, 0.05) is 4.90 Å². The monoisotopic (exact) mass is 266 g/mol. The van der Waals surface area contributed by atoms with Crippen LogP contribution in [0.2, 0.25) is 0 Å². The fourth-order valence-electron chi connectivity index (χ4n) is 1.63. The van der Waals surface area contributed by atoms with E-state index in [0.717, 1.165) is 29.3 Å². The number of halogens is 1. The summed E-state index contributed by atoms with van der Waals surface area (Å²) in [4.78, 5) is 8.15. The summed E-state index contributed by atoms with van der Waals surface area (Å²) in [7, 11) is 0. The molecule has 18 heavy (non-hydrogen) atoms. The number of rotatable bonds is 5. The summed E-state index contributed by atoms with van der Waals surface area (Å²) in [6.45, 7) is 2.05. The summed E-state index contributed by atoms with van der Waals surface area (Å²) >= 11 is 1.55. The fraction of sp³-hybridized carbons (Fsp3) is 0.308. The number of hydrogen-bond acceptors (Lipinski definition) is 3. The van der Waals surface area contributed by atoms with E-state index >= 15 is 0 Å². The molecule has 0 atom stereocenters. The topological polar surface area (TPSA) is 48.9 Å². The third-order valence-electron chi connectivity index (χ3n) is 2.50. The Morgan fingerprint density at radius 3 is 2.72 bits per heavy atom. The van der Waals surface area contributed by atoms with Gasteiger partial charge in [-0.2, -0.15) is 4.98 Å². The lowest BCUT2D eigenvalue weighted by Gasteiger charge is -1.98. The van der Waals surface area contributed by atoms with Crippen molar-refractivity contribution >= 4 is 11.8 Å². The summed E-state index contributed by atoms with van der Waals surface area (Å²) in [5.74, 6) is 1.22. The van der Waals surface area contributed by atoms with Gasteiger partial charge >= 0.3 is 0 Å². The first-order valence-electron chi connectivity index (χ1n) is 5.84. The predicted molar refractivity (Wildman–Crippen MR) is 70.2 cm³/mol. The molecule has 5 heteroatoms. The van der Waals surface area contributed by atoms with Gasteiger partial charge < -0.3 is 10.1 Å². The molecule has 0 aliphatic heterocycles. The average Bonchev–Trinajstić information content (AvgIpc) is 2.70. The van der Waals surface area contributed by atoms with Gasteiger partial charge in [0.25, 0.3) is 0 Å². The standard InChI is InChI=1S/C13H15FN2OS/c1-2-3-11-13(17)16-12(15-11)8-18-10-6-4-9(14)5-7-10/h4-7,17H,2-3,8H2,1H3,(H,15,16). The molecule has 0 amide bonds. The molecule has 0 aliphatic rings. The second-order valence-corrected chi connectivity index (χ2v) is 5.03. The Bertz CT molecular complexity index is 510. The summed E-state index contributed by atoms with van der Waals surface area (Å²) in [6, 6.07) is 6.33. The second kappa shape index (κ2) is 5.91. The zero-order valence-electron chi connectivity index (χ0n) is 10.1. The third-order valence-corrected chi connectivity index (χ3v) is 3.52. The number of aromatic nitrogens is 2. The molecule has 2 aromatic rings. The van der Waals surface area contributed by atoms with Gasteiger partial charge in [0.15, 0.2) is 0 Å². The summed E-state index contributed by atoms with van der Waals surface area (Å²) in [5.41, 5.74) is 0.784. The van der Waals surface area contributed by atoms with Gasteiger partial charge in [-0.3, -0.25) is 0 Å². The predicted octanol–water partition coefficient (Wildman–Crippen LogP) is 3.50. The molecular formula is C13H15FN2OS. The van der Waals surface area contributed by atoms with Gasteiger partial charge in [-0.1, -0.05) is 13.3 Å². The number of hydrogen-bond donors (Lipinski definition) is 2. The first kappa shape index (κ1) is 13.0. The maximum atomic E-state index is 12.7. The van der Waals surface area contributed by atoms with Gasteiger partial charge in [-0.15, -0.1) is 11.8 Å². The van der Waals surface area contributed by atoms with Crippen molar-refractivity contribution in [2.75, 3.05) is 0 Å². The highest BCUT2D eigenvalue weighted by molar-refractivity contribution is 7.98. The van der Waals surface area contributed by atoms with E-state index in [1.165, 1.54) is 12.1 Å². The Morgan fingerprint density at radius 1 is 1.33 bits per heavy atom. The minimum absolute atomic E-state index is 0.0894. The smallest absolute Gasteiger partial charge is 0.232 e. The number of nitrogens with one attached hydrogen (secondary N) is 1. The minimum Gasteiger partial charge on any atom is -0.492 e. The van der Waals surface area contributed by atoms with Crippen LogP contribution in [0.25, 0.3) is 0 Å². The zero-order valence-corrected chi connectivity index (χ0v) is 10.9. The van der Waals surface area contributed by atoms with E-state index in [2.05, 4.69) is 9.97 Å². The van der Waals surface area contributed by atoms with Crippen LogP contribution in [0.3, 0.4) is 0 Å². The highest BCUT2D eigenvalue weighted by atomic mass is 32.2. The number of nitrogens with zero attached hydrogens (tertiary/aromatic N) is 1. The number of thioether (sulfide) groups is 1. The maximum absolute atomic E-state index is 12.7. The molecule has 1 aromatic carbocycles. The number of imidazole rings is 1. The van der Waals surface area contributed by atoms with Crippen molar-refractivity contribution in [3.63, 3.8) is 0 Å². The molecule has 0 unspecified atom stereocenters. The highest BCUT2D eigenvalue weighted by Gasteiger charge is 2.08. The van der Waals surface area contributed by atoms with Crippen LogP contribution >= 0.6 is 11.8 Å². The van der Waals surface area contributed by atoms with Crippen LogP contribution in [-0.4, -0.2) is 15.1 Å². The van der Waals surface area contributed by atoms with Crippen molar-refractivity contribution in [3.8, 4) is 5.88 Å². The van der Waals surface area contributed by atoms with Crippen LogP contribution < -0.4 is 0 Å². The molecule has 96 valence electrons. The van der Waals surface area contributed by atoms with Gasteiger partial charge in [-0.05, 0) is 30.7 Å². The highest BCUT2D eigenvalue weighted by Crippen LogP contribution is 2.24. The summed E-state index contributed by atoms with van der Waals surface area (Å²) < 4.78 is 12.7. The van der Waals surface area contributed by atoms with Crippen LogP contribution in [0, 0.1) is 5.82 Å². The minimum atomic E-state index is -0.236. The zero-order chi connectivity index (χ0) is 13.0. The molecule has 0 aliphatic carbocycles. The van der Waals surface area contributed by atoms with E-state index in [1.807, 2.05) is 6.92 Å². The van der Waals surface area contributed by atoms with Gasteiger partial charge in [0.1, 0.15) is 11.6 Å². The van der Waals surface area contributed by atoms with Gasteiger partial charge in [0.05, 0.1) is 11.4 Å². The van der Waals surface area contributed by atoms with E-state index in [-0.39, 0.29) is 11.7 Å². The molecule has 2 rings (SSSR count). The van der Waals surface area contributed by atoms with E-state index in [4.69, 9.17) is 0 Å². The molecule has 0 radical (unpaired) electrons. The lowest BCUT2D eigenvalue weighted by atomic mass is 10.3. The molecule has 0 spiro atoms. The molecule has 3 nitrogen and oxygen atoms in total. The Kier molecular flexibility index (Phi) is 4.25. The van der Waals surface area contributed by atoms with Crippen molar-refractivity contribution in [3.05, 3.63) is 41.6 Å². The average molecular weight is 266 g/mol. The van der Waals surface area contributed by atoms with Crippen LogP contribution in [-0.2, 0) is 12.2 Å². The number of aromatic amines is 1. The quantitative estimate of drug-likeness (QED) is 0.814. The van der Waals surface area contributed by atoms with Crippen molar-refractivity contribution in [2.45, 2.75) is 30.4 Å². The van der Waals surface area contributed by atoms with Gasteiger partial charge in [-0.25, -0.2) is 4.39 Å². The first-order chi connectivity index (χ1) is 8.69. The van der Waals surface area contributed by atoms with Crippen molar-refractivity contribution in [1.82, 2.24) is 9.97 Å². The Hall–Kier alpha value is -1.49. The van der Waals surface area contributed by atoms with Crippen molar-refractivity contribution in [1.29, 1.82) is 0 Å². The lowest BCUT2D eigenvalue weighted by Crippen LogP contribution is -1.86. The van der Waals surface area contributed by atoms with E-state index in [0.29, 0.717) is 5.75 Å². The molecule has 0 saturated heterocycles. The van der Waals surface area contributed by atoms with E-state index < -0.39 is 0 Å². The molecule has 2 N–H and O–H groups in total. The van der Waals surface area contributed by atoms with Crippen LogP contribution in [0.15, 0.2) is 29.2 Å². The SMILES string of the molecule is CCCc1[nH]c(CSc2ccc(F)cc2)nc1O. The number of aryl methyl sites for hydroxylation is 1. The van der Waals surface area contributed by atoms with Crippen LogP contribution in [0.4, 0.5) is 4.39 Å². The third kappa shape index (κ3) is 3.26. The molecule has 0 saturated carbocycles. The van der Waals surface area contributed by atoms with Gasteiger partial charge in [0.2, 0.25) is 5.88 Å². The van der Waals surface area contributed by atoms with Crippen molar-refractivity contribution in [2.24, 2.45) is 0 Å². The Balaban J connectivity index is 1.97. The van der Waals surface area contributed by atoms with E-state index in [1.54, 1.807) is 23.9 Å². The normalized spacial score (nSPS) is 10.8. The van der Waals surface area contributed by atoms with E-state index in [9.17, 15) is 9.50 Å². The summed E-state index contributed by atoms with van der Waals surface area (Å²) in [5, 5.41) is 9.59. The van der Waals surface area contributed by atoms with Crippen LogP contribution in [0.5, 0.6) is 5.88 Å². The van der Waals surface area contributed by atoms with Crippen LogP contribution in [0.1, 0.15) is 24.9 Å². The molecule has 1 heterocycles. The molecular weight excluding hydrogens is 251 g/mol. The number of benzene rings is 1.